The van der Waals surface area contributed by atoms with Gasteiger partial charge in [-0.25, -0.2) is 0 Å². The van der Waals surface area contributed by atoms with E-state index in [2.05, 4.69) is 39.0 Å². The van der Waals surface area contributed by atoms with Crippen LogP contribution < -0.4 is 4.90 Å². The van der Waals surface area contributed by atoms with E-state index in [1.807, 2.05) is 11.0 Å². The second-order valence-corrected chi connectivity index (χ2v) is 13.9. The fourth-order valence-electron chi connectivity index (χ4n) is 10.5. The summed E-state index contributed by atoms with van der Waals surface area (Å²) in [6.45, 7) is 8.25. The zero-order chi connectivity index (χ0) is 25.2. The molecule has 1 aliphatic heterocycles. The Labute approximate surface area is 217 Å². The normalized spacial score (nSPS) is 44.4. The van der Waals surface area contributed by atoms with Gasteiger partial charge in [0.05, 0.1) is 12.2 Å². The van der Waals surface area contributed by atoms with Crippen LogP contribution in [0.3, 0.4) is 0 Å². The molecule has 1 aromatic carbocycles. The van der Waals surface area contributed by atoms with Gasteiger partial charge in [-0.2, -0.15) is 0 Å². The molecule has 0 spiro atoms. The number of anilines is 1. The summed E-state index contributed by atoms with van der Waals surface area (Å²) in [5.74, 6) is 3.56. The third-order valence-electron chi connectivity index (χ3n) is 12.4. The summed E-state index contributed by atoms with van der Waals surface area (Å²) in [5, 5.41) is 21.8. The maximum Gasteiger partial charge on any atom is 0.227 e. The summed E-state index contributed by atoms with van der Waals surface area (Å²) in [4.78, 5) is 15.2. The van der Waals surface area contributed by atoms with E-state index in [1.54, 1.807) is 0 Å². The summed E-state index contributed by atoms with van der Waals surface area (Å²) in [6.07, 6.45) is 11.0. The number of hydrogen-bond donors (Lipinski definition) is 2. The number of amides is 1. The Bertz CT molecular complexity index is 993. The van der Waals surface area contributed by atoms with Crippen molar-refractivity contribution in [1.82, 2.24) is 0 Å². The van der Waals surface area contributed by atoms with Gasteiger partial charge >= 0.3 is 0 Å². The lowest BCUT2D eigenvalue weighted by atomic mass is 9.43. The van der Waals surface area contributed by atoms with Crippen molar-refractivity contribution in [2.75, 3.05) is 11.4 Å². The molecule has 1 amide bonds. The number of rotatable bonds is 4. The molecular formula is C32H47NO3. The highest BCUT2D eigenvalue weighted by atomic mass is 16.3. The molecule has 0 radical (unpaired) electrons. The summed E-state index contributed by atoms with van der Waals surface area (Å²) < 4.78 is 0. The first kappa shape index (κ1) is 24.9. The number of nitrogens with zero attached hydrogens (tertiary/aromatic N) is 1. The second-order valence-electron chi connectivity index (χ2n) is 13.9. The van der Waals surface area contributed by atoms with E-state index in [0.29, 0.717) is 41.9 Å². The van der Waals surface area contributed by atoms with Crippen LogP contribution in [0, 0.1) is 46.3 Å². The lowest BCUT2D eigenvalue weighted by Gasteiger charge is -2.62. The van der Waals surface area contributed by atoms with Crippen LogP contribution in [-0.2, 0) is 11.2 Å². The van der Waals surface area contributed by atoms with Crippen molar-refractivity contribution in [3.05, 3.63) is 29.8 Å². The largest absolute Gasteiger partial charge is 0.393 e. The van der Waals surface area contributed by atoms with Crippen molar-refractivity contribution < 1.29 is 15.0 Å². The van der Waals surface area contributed by atoms with Gasteiger partial charge in [0.15, 0.2) is 0 Å². The van der Waals surface area contributed by atoms with Crippen LogP contribution >= 0.6 is 0 Å². The summed E-state index contributed by atoms with van der Waals surface area (Å²) in [6, 6.07) is 8.36. The first-order chi connectivity index (χ1) is 17.2. The predicted octanol–water partition coefficient (Wildman–Crippen LogP) is 5.98. The van der Waals surface area contributed by atoms with Crippen molar-refractivity contribution in [2.24, 2.45) is 46.3 Å². The smallest absolute Gasteiger partial charge is 0.227 e. The van der Waals surface area contributed by atoms with E-state index in [4.69, 9.17) is 0 Å². The van der Waals surface area contributed by atoms with Gasteiger partial charge in [0.2, 0.25) is 5.91 Å². The first-order valence-corrected chi connectivity index (χ1v) is 15.0. The molecule has 198 valence electrons. The van der Waals surface area contributed by atoms with Crippen LogP contribution in [0.4, 0.5) is 5.69 Å². The van der Waals surface area contributed by atoms with Crippen molar-refractivity contribution in [3.63, 3.8) is 0 Å². The van der Waals surface area contributed by atoms with Gasteiger partial charge < -0.3 is 15.1 Å². The molecule has 4 saturated carbocycles. The van der Waals surface area contributed by atoms with E-state index in [0.717, 1.165) is 50.8 Å². The maximum atomic E-state index is 13.2. The summed E-state index contributed by atoms with van der Waals surface area (Å²) in [7, 11) is 0. The Balaban J connectivity index is 1.13. The van der Waals surface area contributed by atoms with Crippen molar-refractivity contribution in [1.29, 1.82) is 0 Å². The van der Waals surface area contributed by atoms with E-state index < -0.39 is 0 Å². The standard InChI is InChI=1S/C32H47NO3/c1-20(8-11-29(36)33-17-14-21-6-4-5-7-27(21)33)24-9-10-25-30-26(13-16-32(24,25)3)31(2)15-12-23(34)18-22(31)19-28(30)35/h4-7,20,22-26,28,30,34-35H,8-19H2,1-3H3/t20-,22+,23-,24-,25+,26+,28-,30+,31+,32-/m1/s1. The van der Waals surface area contributed by atoms with Crippen LogP contribution in [0.25, 0.3) is 0 Å². The molecule has 6 rings (SSSR count). The van der Waals surface area contributed by atoms with Gasteiger partial charge in [-0.1, -0.05) is 39.0 Å². The number of aliphatic hydroxyl groups excluding tert-OH is 2. The summed E-state index contributed by atoms with van der Waals surface area (Å²) >= 11 is 0. The molecule has 0 bridgehead atoms. The topological polar surface area (TPSA) is 60.8 Å². The molecule has 1 aromatic rings. The minimum Gasteiger partial charge on any atom is -0.393 e. The minimum atomic E-state index is -0.214. The van der Waals surface area contributed by atoms with Crippen LogP contribution in [-0.4, -0.2) is 34.9 Å². The van der Waals surface area contributed by atoms with Crippen LogP contribution in [0.15, 0.2) is 24.3 Å². The number of para-hydroxylation sites is 1. The monoisotopic (exact) mass is 493 g/mol. The van der Waals surface area contributed by atoms with Crippen molar-refractivity contribution in [3.8, 4) is 0 Å². The van der Waals surface area contributed by atoms with Gasteiger partial charge in [0, 0.05) is 18.7 Å². The van der Waals surface area contributed by atoms with Crippen LogP contribution in [0.2, 0.25) is 0 Å². The lowest BCUT2D eigenvalue weighted by molar-refractivity contribution is -0.174. The van der Waals surface area contributed by atoms with Gasteiger partial charge in [-0.15, -0.1) is 0 Å². The molecule has 1 heterocycles. The molecule has 4 heteroatoms. The fraction of sp³-hybridized carbons (Fsp3) is 0.781. The molecular weight excluding hydrogens is 446 g/mol. The molecule has 10 atom stereocenters. The number of carbonyl (C=O) groups is 1. The predicted molar refractivity (Wildman–Crippen MR) is 144 cm³/mol. The van der Waals surface area contributed by atoms with E-state index in [9.17, 15) is 15.0 Å². The highest BCUT2D eigenvalue weighted by Crippen LogP contribution is 2.68. The maximum absolute atomic E-state index is 13.2. The average molecular weight is 494 g/mol. The van der Waals surface area contributed by atoms with E-state index in [-0.39, 0.29) is 28.9 Å². The third kappa shape index (κ3) is 3.80. The number of benzene rings is 1. The Morgan fingerprint density at radius 3 is 2.61 bits per heavy atom. The van der Waals surface area contributed by atoms with E-state index in [1.165, 1.54) is 31.2 Å². The molecule has 0 unspecified atom stereocenters. The lowest BCUT2D eigenvalue weighted by Crippen LogP contribution is -2.58. The number of carbonyl (C=O) groups excluding carboxylic acids is 1. The number of hydrogen-bond acceptors (Lipinski definition) is 3. The SMILES string of the molecule is C[C@H](CCC(=O)N1CCc2ccccc21)[C@H]1CC[C@H]2[C@@H]3[C@H](O)C[C@@H]4C[C@H](O)CC[C@]4(C)[C@H]3CC[C@]12C. The molecule has 0 saturated heterocycles. The third-order valence-corrected chi connectivity index (χ3v) is 12.4. The minimum absolute atomic E-state index is 0.172. The molecule has 4 nitrogen and oxygen atoms in total. The first-order valence-electron chi connectivity index (χ1n) is 15.0. The zero-order valence-electron chi connectivity index (χ0n) is 22.7. The Morgan fingerprint density at radius 2 is 1.78 bits per heavy atom. The molecule has 2 N–H and O–H groups in total. The second kappa shape index (κ2) is 9.12. The van der Waals surface area contributed by atoms with Crippen molar-refractivity contribution >= 4 is 11.6 Å². The van der Waals surface area contributed by atoms with Crippen LogP contribution in [0.1, 0.15) is 90.5 Å². The van der Waals surface area contributed by atoms with E-state index >= 15 is 0 Å². The highest BCUT2D eigenvalue weighted by molar-refractivity contribution is 5.95. The van der Waals surface area contributed by atoms with Crippen LogP contribution in [0.5, 0.6) is 0 Å². The molecule has 4 fully saturated rings. The Hall–Kier alpha value is -1.39. The van der Waals surface area contributed by atoms with Gasteiger partial charge in [0.1, 0.15) is 0 Å². The average Bonchev–Trinajstić information content (AvgIpc) is 3.44. The number of aliphatic hydroxyl groups is 2. The van der Waals surface area contributed by atoms with Crippen molar-refractivity contribution in [2.45, 2.75) is 104 Å². The van der Waals surface area contributed by atoms with Gasteiger partial charge in [-0.3, -0.25) is 4.79 Å². The molecule has 5 aliphatic rings. The fourth-order valence-corrected chi connectivity index (χ4v) is 10.5. The summed E-state index contributed by atoms with van der Waals surface area (Å²) in [5.41, 5.74) is 2.99. The van der Waals surface area contributed by atoms with Gasteiger partial charge in [-0.05, 0) is 122 Å². The quantitative estimate of drug-likeness (QED) is 0.542. The zero-order valence-corrected chi connectivity index (χ0v) is 22.7. The Morgan fingerprint density at radius 1 is 1.03 bits per heavy atom. The molecule has 0 aromatic heterocycles. The molecule has 36 heavy (non-hydrogen) atoms. The number of fused-ring (bicyclic) bond motifs is 6. The Kier molecular flexibility index (Phi) is 6.31. The van der Waals surface area contributed by atoms with Gasteiger partial charge in [0.25, 0.3) is 0 Å². The highest BCUT2D eigenvalue weighted by Gasteiger charge is 2.62. The molecule has 4 aliphatic carbocycles.